The summed E-state index contributed by atoms with van der Waals surface area (Å²) in [6.45, 7) is 0. The zero-order chi connectivity index (χ0) is 10.8. The predicted octanol–water partition coefficient (Wildman–Crippen LogP) is 4.40. The summed E-state index contributed by atoms with van der Waals surface area (Å²) >= 11 is 9.25. The van der Waals surface area contributed by atoms with Crippen LogP contribution in [-0.4, -0.2) is 5.78 Å². The van der Waals surface area contributed by atoms with Gasteiger partial charge in [-0.3, -0.25) is 4.79 Å². The molecule has 0 N–H and O–H groups in total. The zero-order valence-corrected chi connectivity index (χ0v) is 10.4. The van der Waals surface area contributed by atoms with Crippen LogP contribution in [0.25, 0.3) is 0 Å². The van der Waals surface area contributed by atoms with Crippen molar-refractivity contribution in [1.29, 1.82) is 0 Å². The summed E-state index contributed by atoms with van der Waals surface area (Å²) in [5.41, 5.74) is 1.60. The van der Waals surface area contributed by atoms with Crippen LogP contribution in [0, 0.1) is 0 Å². The molecule has 0 radical (unpaired) electrons. The molecular weight excluding hydrogens is 275 g/mol. The number of ketones is 1. The van der Waals surface area contributed by atoms with Gasteiger partial charge in [-0.2, -0.15) is 0 Å². The Bertz CT molecular complexity index is 437. The van der Waals surface area contributed by atoms with Crippen molar-refractivity contribution in [3.05, 3.63) is 44.9 Å². The number of hydrogen-bond donors (Lipinski definition) is 0. The minimum atomic E-state index is 0.113. The van der Waals surface area contributed by atoms with E-state index in [1.54, 1.807) is 12.1 Å². The van der Waals surface area contributed by atoms with E-state index in [9.17, 15) is 4.79 Å². The van der Waals surface area contributed by atoms with Crippen molar-refractivity contribution < 1.29 is 4.79 Å². The van der Waals surface area contributed by atoms with E-state index in [2.05, 4.69) is 15.9 Å². The van der Waals surface area contributed by atoms with Crippen LogP contribution in [0.5, 0.6) is 0 Å². The lowest BCUT2D eigenvalue weighted by molar-refractivity contribution is 0.103. The van der Waals surface area contributed by atoms with Crippen LogP contribution in [0.3, 0.4) is 0 Å². The van der Waals surface area contributed by atoms with Gasteiger partial charge in [0, 0.05) is 10.0 Å². The van der Waals surface area contributed by atoms with Crippen LogP contribution < -0.4 is 0 Å². The number of carbonyl (C=O) groups excluding carboxylic acids is 1. The molecule has 0 unspecified atom stereocenters. The maximum Gasteiger partial charge on any atom is 0.188 e. The topological polar surface area (TPSA) is 17.1 Å². The number of Topliss-reactive ketones (excluding diaryl/α,β-unsaturated/α-hetero) is 1. The van der Waals surface area contributed by atoms with Gasteiger partial charge in [-0.05, 0) is 59.0 Å². The third-order valence-corrected chi connectivity index (χ3v) is 3.75. The van der Waals surface area contributed by atoms with E-state index in [0.717, 1.165) is 29.3 Å². The van der Waals surface area contributed by atoms with Crippen molar-refractivity contribution in [2.24, 2.45) is 0 Å². The average Bonchev–Trinajstić information content (AvgIpc) is 2.74. The summed E-state index contributed by atoms with van der Waals surface area (Å²) in [5.74, 6) is 0.113. The summed E-state index contributed by atoms with van der Waals surface area (Å²) in [4.78, 5) is 12.0. The zero-order valence-electron chi connectivity index (χ0n) is 8.09. The van der Waals surface area contributed by atoms with Crippen molar-refractivity contribution in [3.8, 4) is 0 Å². The number of hydrogen-bond acceptors (Lipinski definition) is 1. The van der Waals surface area contributed by atoms with Crippen molar-refractivity contribution in [2.45, 2.75) is 19.3 Å². The van der Waals surface area contributed by atoms with Gasteiger partial charge in [0.2, 0.25) is 0 Å². The van der Waals surface area contributed by atoms with Gasteiger partial charge in [-0.25, -0.2) is 0 Å². The molecule has 0 aromatic heterocycles. The van der Waals surface area contributed by atoms with Crippen LogP contribution in [0.15, 0.2) is 34.3 Å². The van der Waals surface area contributed by atoms with Gasteiger partial charge in [0.15, 0.2) is 5.78 Å². The van der Waals surface area contributed by atoms with E-state index in [-0.39, 0.29) is 5.78 Å². The highest BCUT2D eigenvalue weighted by Gasteiger charge is 2.15. The first-order chi connectivity index (χ1) is 7.18. The summed E-state index contributed by atoms with van der Waals surface area (Å²) in [5, 5.41) is 0.583. The summed E-state index contributed by atoms with van der Waals surface area (Å²) in [6, 6.07) is 5.33. The Morgan fingerprint density at radius 1 is 1.40 bits per heavy atom. The van der Waals surface area contributed by atoms with E-state index in [0.29, 0.717) is 10.6 Å². The minimum absolute atomic E-state index is 0.113. The molecule has 78 valence electrons. The lowest BCUT2D eigenvalue weighted by Gasteiger charge is -2.03. The second-order valence-corrected chi connectivity index (χ2v) is 4.84. The van der Waals surface area contributed by atoms with Crippen LogP contribution in [-0.2, 0) is 0 Å². The van der Waals surface area contributed by atoms with Gasteiger partial charge in [0.05, 0.1) is 5.02 Å². The first-order valence-electron chi connectivity index (χ1n) is 4.87. The van der Waals surface area contributed by atoms with Gasteiger partial charge in [0.1, 0.15) is 0 Å². The Morgan fingerprint density at radius 3 is 2.80 bits per heavy atom. The molecule has 1 aromatic carbocycles. The highest BCUT2D eigenvalue weighted by molar-refractivity contribution is 9.10. The second-order valence-electron chi connectivity index (χ2n) is 3.58. The number of halogens is 2. The van der Waals surface area contributed by atoms with E-state index in [1.165, 1.54) is 0 Å². The van der Waals surface area contributed by atoms with Crippen molar-refractivity contribution >= 4 is 33.3 Å². The van der Waals surface area contributed by atoms with Gasteiger partial charge >= 0.3 is 0 Å². The average molecular weight is 286 g/mol. The normalized spacial score (nSPS) is 15.2. The third kappa shape index (κ3) is 2.32. The Kier molecular flexibility index (Phi) is 3.27. The molecule has 2 rings (SSSR count). The van der Waals surface area contributed by atoms with E-state index >= 15 is 0 Å². The molecule has 0 spiro atoms. The van der Waals surface area contributed by atoms with Crippen molar-refractivity contribution in [3.63, 3.8) is 0 Å². The van der Waals surface area contributed by atoms with Gasteiger partial charge < -0.3 is 0 Å². The summed E-state index contributed by atoms with van der Waals surface area (Å²) in [7, 11) is 0. The molecule has 0 amide bonds. The smallest absolute Gasteiger partial charge is 0.188 e. The molecule has 1 aliphatic carbocycles. The van der Waals surface area contributed by atoms with Gasteiger partial charge in [0.25, 0.3) is 0 Å². The lowest BCUT2D eigenvalue weighted by atomic mass is 10.0. The summed E-state index contributed by atoms with van der Waals surface area (Å²) in [6.07, 6.45) is 5.03. The van der Waals surface area contributed by atoms with Crippen molar-refractivity contribution in [1.82, 2.24) is 0 Å². The van der Waals surface area contributed by atoms with Crippen molar-refractivity contribution in [2.75, 3.05) is 0 Å². The molecule has 0 saturated heterocycles. The third-order valence-electron chi connectivity index (χ3n) is 2.51. The van der Waals surface area contributed by atoms with E-state index in [4.69, 9.17) is 11.6 Å². The molecule has 1 aromatic rings. The Hall–Kier alpha value is -0.600. The molecule has 1 nitrogen and oxygen atoms in total. The predicted molar refractivity (Wildman–Crippen MR) is 65.4 cm³/mol. The molecule has 3 heteroatoms. The van der Waals surface area contributed by atoms with Gasteiger partial charge in [-0.15, -0.1) is 0 Å². The quantitative estimate of drug-likeness (QED) is 0.736. The molecule has 15 heavy (non-hydrogen) atoms. The molecule has 0 fully saturated rings. The minimum Gasteiger partial charge on any atom is -0.289 e. The maximum absolute atomic E-state index is 12.0. The monoisotopic (exact) mass is 284 g/mol. The van der Waals surface area contributed by atoms with Crippen LogP contribution >= 0.6 is 27.5 Å². The number of carbonyl (C=O) groups is 1. The van der Waals surface area contributed by atoms with Gasteiger partial charge in [-0.1, -0.05) is 17.7 Å². The number of rotatable bonds is 2. The number of allylic oxidation sites excluding steroid dienone is 2. The summed E-state index contributed by atoms with van der Waals surface area (Å²) < 4.78 is 0.820. The fourth-order valence-corrected chi connectivity index (χ4v) is 2.13. The van der Waals surface area contributed by atoms with Crippen LogP contribution in [0.2, 0.25) is 5.02 Å². The molecule has 0 aliphatic heterocycles. The van der Waals surface area contributed by atoms with E-state index in [1.807, 2.05) is 12.1 Å². The Labute approximate surface area is 102 Å². The number of benzene rings is 1. The molecule has 0 bridgehead atoms. The van der Waals surface area contributed by atoms with Crippen LogP contribution in [0.4, 0.5) is 0 Å². The molecule has 0 heterocycles. The lowest BCUT2D eigenvalue weighted by Crippen LogP contribution is -2.01. The molecular formula is C12H10BrClO. The fraction of sp³-hybridized carbons (Fsp3) is 0.250. The second kappa shape index (κ2) is 4.50. The first-order valence-corrected chi connectivity index (χ1v) is 6.04. The highest BCUT2D eigenvalue weighted by Crippen LogP contribution is 2.27. The maximum atomic E-state index is 12.0. The Balaban J connectivity index is 2.29. The Morgan fingerprint density at radius 2 is 2.20 bits per heavy atom. The largest absolute Gasteiger partial charge is 0.289 e. The molecule has 0 atom stereocenters. The van der Waals surface area contributed by atoms with Crippen LogP contribution in [0.1, 0.15) is 29.6 Å². The highest BCUT2D eigenvalue weighted by atomic mass is 79.9. The standard InChI is InChI=1S/C12H10BrClO/c13-10-6-5-9(7-11(10)14)12(15)8-3-1-2-4-8/h3,5-7H,1-2,4H2. The molecule has 1 aliphatic rings. The fourth-order valence-electron chi connectivity index (χ4n) is 1.70. The SMILES string of the molecule is O=C(C1=CCCC1)c1ccc(Br)c(Cl)c1. The molecule has 0 saturated carbocycles. The van der Waals surface area contributed by atoms with E-state index < -0.39 is 0 Å². The first kappa shape index (κ1) is 10.9.